The highest BCUT2D eigenvalue weighted by Gasteiger charge is 2.36. The van der Waals surface area contributed by atoms with Gasteiger partial charge >= 0.3 is 0 Å². The van der Waals surface area contributed by atoms with Crippen LogP contribution in [0.4, 0.5) is 5.69 Å². The van der Waals surface area contributed by atoms with Crippen molar-refractivity contribution in [3.05, 3.63) is 65.2 Å². The second-order valence-electron chi connectivity index (χ2n) is 7.03. The van der Waals surface area contributed by atoms with Gasteiger partial charge in [0.15, 0.2) is 5.69 Å². The zero-order chi connectivity index (χ0) is 20.4. The number of nitrogens with zero attached hydrogens (tertiary/aromatic N) is 3. The number of aromatic nitrogens is 2. The summed E-state index contributed by atoms with van der Waals surface area (Å²) in [4.78, 5) is 6.57. The second-order valence-corrected chi connectivity index (χ2v) is 7.03. The zero-order valence-corrected chi connectivity index (χ0v) is 15.9. The lowest BCUT2D eigenvalue weighted by atomic mass is 10.1. The maximum atomic E-state index is 11.2. The number of hydrogen-bond donors (Lipinski definition) is 3. The predicted molar refractivity (Wildman–Crippen MR) is 102 cm³/mol. The maximum Gasteiger partial charge on any atom is 0.244 e. The van der Waals surface area contributed by atoms with Gasteiger partial charge in [0.25, 0.3) is 0 Å². The van der Waals surface area contributed by atoms with Crippen LogP contribution in [0, 0.1) is 5.21 Å². The van der Waals surface area contributed by atoms with Gasteiger partial charge in [-0.15, -0.1) is 0 Å². The molecule has 2 aromatic carbocycles. The topological polar surface area (TPSA) is 119 Å². The van der Waals surface area contributed by atoms with Crippen molar-refractivity contribution in [3.63, 3.8) is 0 Å². The van der Waals surface area contributed by atoms with Gasteiger partial charge in [-0.3, -0.25) is 4.90 Å². The summed E-state index contributed by atoms with van der Waals surface area (Å²) < 4.78 is 10.7. The van der Waals surface area contributed by atoms with Gasteiger partial charge in [0.1, 0.15) is 5.75 Å². The van der Waals surface area contributed by atoms with Crippen LogP contribution in [0.15, 0.2) is 53.1 Å². The molecule has 4 rings (SSSR count). The Morgan fingerprint density at radius 3 is 2.79 bits per heavy atom. The van der Waals surface area contributed by atoms with Crippen molar-refractivity contribution in [3.8, 4) is 17.1 Å². The van der Waals surface area contributed by atoms with Gasteiger partial charge in [-0.25, -0.2) is 5.21 Å². The molecular formula is C20H22N4O5. The number of aliphatic hydroxyl groups is 1. The standard InChI is InChI=1S/C20H22N4O5/c1-28-17-7-5-13(6-8-17)11-23-12-16(25)10-18(23)20-21-19(22-29-20)14-3-2-4-15(9-14)24(26)27/h2-9,16,18,24-26H,10-12H2,1H3. The van der Waals surface area contributed by atoms with Gasteiger partial charge in [-0.1, -0.05) is 29.4 Å². The molecule has 1 aliphatic rings. The molecule has 3 unspecified atom stereocenters. The molecule has 29 heavy (non-hydrogen) atoms. The van der Waals surface area contributed by atoms with E-state index < -0.39 is 11.3 Å². The fourth-order valence-corrected chi connectivity index (χ4v) is 3.56. The Kier molecular flexibility index (Phi) is 5.56. The number of benzene rings is 2. The van der Waals surface area contributed by atoms with E-state index in [1.165, 1.54) is 12.1 Å². The molecule has 0 aliphatic carbocycles. The summed E-state index contributed by atoms with van der Waals surface area (Å²) in [6.07, 6.45) is 0.0105. The first-order chi connectivity index (χ1) is 14.0. The second kappa shape index (κ2) is 8.27. The van der Waals surface area contributed by atoms with Crippen molar-refractivity contribution in [1.29, 1.82) is 0 Å². The van der Waals surface area contributed by atoms with E-state index in [4.69, 9.17) is 14.5 Å². The van der Waals surface area contributed by atoms with Crippen LogP contribution in [0.3, 0.4) is 0 Å². The van der Waals surface area contributed by atoms with E-state index >= 15 is 0 Å². The van der Waals surface area contributed by atoms with Crippen LogP contribution in [0.1, 0.15) is 23.9 Å². The molecule has 0 saturated carbocycles. The minimum Gasteiger partial charge on any atom is -0.595 e. The molecule has 0 spiro atoms. The number of nitrogens with one attached hydrogen (secondary N) is 1. The number of ether oxygens (including phenoxy) is 1. The highest BCUT2D eigenvalue weighted by molar-refractivity contribution is 5.58. The first-order valence-corrected chi connectivity index (χ1v) is 9.26. The Hall–Kier alpha value is -2.82. The smallest absolute Gasteiger partial charge is 0.244 e. The van der Waals surface area contributed by atoms with Crippen LogP contribution < -0.4 is 9.96 Å². The monoisotopic (exact) mass is 398 g/mol. The molecule has 3 N–H and O–H groups in total. The fraction of sp³-hybridized carbons (Fsp3) is 0.300. The van der Waals surface area contributed by atoms with Crippen LogP contribution in [-0.4, -0.2) is 45.1 Å². The van der Waals surface area contributed by atoms with Gasteiger partial charge in [-0.05, 0) is 24.1 Å². The van der Waals surface area contributed by atoms with Crippen LogP contribution in [0.2, 0.25) is 0 Å². The SMILES string of the molecule is COc1ccc(CN2CC(O)CC2c2nc(-c3cccc([NH+]([O-])O)c3)no2)cc1. The third kappa shape index (κ3) is 4.29. The zero-order valence-electron chi connectivity index (χ0n) is 15.9. The van der Waals surface area contributed by atoms with E-state index in [2.05, 4.69) is 15.0 Å². The average Bonchev–Trinajstić information content (AvgIpc) is 3.35. The number of aliphatic hydroxyl groups excluding tert-OH is 1. The molecule has 1 aliphatic heterocycles. The maximum absolute atomic E-state index is 11.2. The van der Waals surface area contributed by atoms with Crippen LogP contribution in [-0.2, 0) is 6.54 Å². The summed E-state index contributed by atoms with van der Waals surface area (Å²) in [6, 6.07) is 14.0. The van der Waals surface area contributed by atoms with E-state index in [1.54, 1.807) is 19.2 Å². The number of likely N-dealkylation sites (tertiary alicyclic amines) is 1. The summed E-state index contributed by atoms with van der Waals surface area (Å²) in [5, 5.41) is 33.5. The quantitative estimate of drug-likeness (QED) is 0.534. The molecule has 0 bridgehead atoms. The molecule has 2 heterocycles. The Balaban J connectivity index is 1.54. The number of hydrogen-bond acceptors (Lipinski definition) is 8. The molecule has 0 radical (unpaired) electrons. The van der Waals surface area contributed by atoms with E-state index in [0.29, 0.717) is 36.8 Å². The van der Waals surface area contributed by atoms with Crippen molar-refractivity contribution in [2.45, 2.75) is 25.1 Å². The number of rotatable bonds is 6. The van der Waals surface area contributed by atoms with Gasteiger partial charge in [0.2, 0.25) is 11.7 Å². The Bertz CT molecular complexity index is 960. The van der Waals surface area contributed by atoms with E-state index in [1.807, 2.05) is 24.3 Å². The summed E-state index contributed by atoms with van der Waals surface area (Å²) in [7, 11) is 1.63. The van der Waals surface area contributed by atoms with Gasteiger partial charge < -0.3 is 19.6 Å². The van der Waals surface area contributed by atoms with Crippen LogP contribution >= 0.6 is 0 Å². The highest BCUT2D eigenvalue weighted by Crippen LogP contribution is 2.33. The Morgan fingerprint density at radius 1 is 1.28 bits per heavy atom. The lowest BCUT2D eigenvalue weighted by molar-refractivity contribution is -0.991. The number of β-amino-alcohol motifs (C(OH)–C–C–N with tert-alkyl or cyclic N) is 1. The molecular weight excluding hydrogens is 376 g/mol. The Labute approximate surface area is 167 Å². The van der Waals surface area contributed by atoms with Crippen molar-refractivity contribution in [2.24, 2.45) is 0 Å². The molecule has 1 aromatic heterocycles. The third-order valence-corrected chi connectivity index (χ3v) is 5.02. The lowest BCUT2D eigenvalue weighted by Crippen LogP contribution is -2.99. The molecule has 9 heteroatoms. The van der Waals surface area contributed by atoms with E-state index in [-0.39, 0.29) is 11.7 Å². The van der Waals surface area contributed by atoms with Gasteiger partial charge in [0, 0.05) is 30.8 Å². The molecule has 9 nitrogen and oxygen atoms in total. The molecule has 1 fully saturated rings. The van der Waals surface area contributed by atoms with Crippen molar-refractivity contribution in [1.82, 2.24) is 15.0 Å². The van der Waals surface area contributed by atoms with Crippen molar-refractivity contribution < 1.29 is 24.8 Å². The first kappa shape index (κ1) is 19.5. The minimum absolute atomic E-state index is 0.159. The fourth-order valence-electron chi connectivity index (χ4n) is 3.56. The average molecular weight is 398 g/mol. The first-order valence-electron chi connectivity index (χ1n) is 9.26. The summed E-state index contributed by atoms with van der Waals surface area (Å²) in [5.41, 5.74) is 1.81. The third-order valence-electron chi connectivity index (χ3n) is 5.02. The molecule has 0 amide bonds. The summed E-state index contributed by atoms with van der Waals surface area (Å²) in [5.74, 6) is 1.52. The number of methoxy groups -OCH3 is 1. The normalized spacial score (nSPS) is 20.7. The highest BCUT2D eigenvalue weighted by atomic mass is 16.8. The summed E-state index contributed by atoms with van der Waals surface area (Å²) >= 11 is 0. The van der Waals surface area contributed by atoms with Crippen molar-refractivity contribution in [2.75, 3.05) is 13.7 Å². The van der Waals surface area contributed by atoms with E-state index in [9.17, 15) is 10.3 Å². The number of quaternary nitrogens is 1. The van der Waals surface area contributed by atoms with E-state index in [0.717, 1.165) is 11.3 Å². The van der Waals surface area contributed by atoms with Gasteiger partial charge in [0.05, 0.1) is 19.3 Å². The lowest BCUT2D eigenvalue weighted by Gasteiger charge is -2.21. The van der Waals surface area contributed by atoms with Crippen LogP contribution in [0.5, 0.6) is 5.75 Å². The minimum atomic E-state index is -1.01. The molecule has 3 aromatic rings. The molecule has 1 saturated heterocycles. The predicted octanol–water partition coefficient (Wildman–Crippen LogP) is 1.46. The molecule has 3 atom stereocenters. The van der Waals surface area contributed by atoms with Gasteiger partial charge in [-0.2, -0.15) is 10.2 Å². The van der Waals surface area contributed by atoms with Crippen LogP contribution in [0.25, 0.3) is 11.4 Å². The largest absolute Gasteiger partial charge is 0.595 e. The van der Waals surface area contributed by atoms with Crippen molar-refractivity contribution >= 4 is 5.69 Å². The Morgan fingerprint density at radius 2 is 2.07 bits per heavy atom. The molecule has 152 valence electrons. The summed E-state index contributed by atoms with van der Waals surface area (Å²) in [6.45, 7) is 1.13.